The van der Waals surface area contributed by atoms with E-state index in [2.05, 4.69) is 50.3 Å². The van der Waals surface area contributed by atoms with Crippen molar-refractivity contribution >= 4 is 5.82 Å². The van der Waals surface area contributed by atoms with Crippen molar-refractivity contribution in [3.05, 3.63) is 182 Å². The van der Waals surface area contributed by atoms with E-state index in [4.69, 9.17) is 77.9 Å². The zero-order valence-electron chi connectivity index (χ0n) is 79.1. The highest BCUT2D eigenvalue weighted by Crippen LogP contribution is 2.49. The van der Waals surface area contributed by atoms with Gasteiger partial charge in [-0.3, -0.25) is 41.7 Å². The SMILES string of the molecule is C=C1[C@@H](C)[C@@H](CC)O[C@H]1n1ccc(OCC)nc1=O.CC1(F)[C@@H](O)[C@@H](CO)O[C@H]1n1ccc(=O)[nH]c1=O.CC1(F)[C@@H](O)[C@@H](CO)O[C@H]1n1ccc(N)nc1=O.CCOc1ccn([C@@H]2O[C@H](CC)[C@H](C)C2(C)F)c(=O)n1.CCOc1ccn([C@@H]2O[C@H](CC)[C@H](C)C2(C)O)c(=O)n1.CCOc1ccn([C@@H]2O[C@H](CC)[C@H](C)C2(C)O)c(=O)n1.CCOc1ccn([C@@H]2O[C@H](CO)[C@H](O)C2(C)O)c(=O)n1. The molecule has 27 atom stereocenters. The summed E-state index contributed by atoms with van der Waals surface area (Å²) in [6.45, 7) is 37.8. The molecule has 7 aliphatic rings. The number of nitrogens with two attached hydrogens (primary N) is 1. The second kappa shape index (κ2) is 46.7. The number of halogens is 3. The number of alkyl halides is 3. The van der Waals surface area contributed by atoms with Gasteiger partial charge in [-0.15, -0.1) is 0 Å². The predicted molar refractivity (Wildman–Crippen MR) is 477 cm³/mol. The first-order chi connectivity index (χ1) is 63.5. The minimum absolute atomic E-state index is 0.00839. The van der Waals surface area contributed by atoms with Crippen LogP contribution in [0.4, 0.5) is 19.0 Å². The number of H-pyrrole nitrogens is 1. The molecule has 135 heavy (non-hydrogen) atoms. The summed E-state index contributed by atoms with van der Waals surface area (Å²) in [7, 11) is 0. The van der Waals surface area contributed by atoms with Gasteiger partial charge in [0.1, 0.15) is 59.2 Å². The van der Waals surface area contributed by atoms with Gasteiger partial charge in [-0.05, 0) is 113 Å². The summed E-state index contributed by atoms with van der Waals surface area (Å²) in [6.07, 6.45) is -1.43. The van der Waals surface area contributed by atoms with E-state index in [-0.39, 0.29) is 83.1 Å². The molecule has 7 aliphatic heterocycles. The second-order valence-corrected chi connectivity index (χ2v) is 34.1. The van der Waals surface area contributed by atoms with Crippen molar-refractivity contribution in [2.24, 2.45) is 23.7 Å². The molecule has 44 nitrogen and oxygen atoms in total. The molecule has 12 N–H and O–H groups in total. The zero-order chi connectivity index (χ0) is 101. The lowest BCUT2D eigenvalue weighted by Gasteiger charge is -2.28. The normalized spacial score (nSPS) is 33.1. The van der Waals surface area contributed by atoms with Gasteiger partial charge in [0.2, 0.25) is 29.4 Å². The molecule has 14 heterocycles. The van der Waals surface area contributed by atoms with Crippen molar-refractivity contribution in [2.45, 2.75) is 296 Å². The maximum atomic E-state index is 14.9. The van der Waals surface area contributed by atoms with Gasteiger partial charge in [-0.2, -0.15) is 29.9 Å². The molecule has 7 aromatic heterocycles. The number of aromatic nitrogens is 14. The fraction of sp³-hybridized carbons (Fsp3) is 0.659. The number of anilines is 1. The number of aliphatic hydroxyl groups is 9. The Morgan fingerprint density at radius 1 is 0.370 bits per heavy atom. The minimum Gasteiger partial charge on any atom is -0.478 e. The average Bonchev–Trinajstić information content (AvgIpc) is 1.66. The summed E-state index contributed by atoms with van der Waals surface area (Å²) < 4.78 is 116. The summed E-state index contributed by atoms with van der Waals surface area (Å²) in [6, 6.07) is 10.3. The maximum absolute atomic E-state index is 14.9. The third-order valence-electron chi connectivity index (χ3n) is 24.9. The van der Waals surface area contributed by atoms with Crippen molar-refractivity contribution in [1.82, 2.24) is 66.9 Å². The second-order valence-electron chi connectivity index (χ2n) is 34.1. The third-order valence-corrected chi connectivity index (χ3v) is 24.9. The van der Waals surface area contributed by atoms with Crippen molar-refractivity contribution in [1.29, 1.82) is 0 Å². The lowest BCUT2D eigenvalue weighted by molar-refractivity contribution is -0.0988. The minimum atomic E-state index is -2.25. The molecular formula is C88H130F3N15O29. The fourth-order valence-corrected chi connectivity index (χ4v) is 16.3. The van der Waals surface area contributed by atoms with E-state index in [1.807, 2.05) is 60.4 Å². The van der Waals surface area contributed by atoms with E-state index in [0.29, 0.717) is 45.3 Å². The highest BCUT2D eigenvalue weighted by molar-refractivity contribution is 5.24. The lowest BCUT2D eigenvalue weighted by atomic mass is 9.87. The first-order valence-electron chi connectivity index (χ1n) is 44.6. The summed E-state index contributed by atoms with van der Waals surface area (Å²) in [5.74, 6) is 1.17. The predicted octanol–water partition coefficient (Wildman–Crippen LogP) is 3.09. The smallest absolute Gasteiger partial charge is 0.353 e. The quantitative estimate of drug-likeness (QED) is 0.0387. The van der Waals surface area contributed by atoms with Gasteiger partial charge in [-0.25, -0.2) is 46.7 Å². The molecule has 0 spiro atoms. The van der Waals surface area contributed by atoms with Gasteiger partial charge < -0.3 is 109 Å². The maximum Gasteiger partial charge on any atom is 0.353 e. The first-order valence-corrected chi connectivity index (χ1v) is 44.6. The van der Waals surface area contributed by atoms with Crippen molar-refractivity contribution in [3.63, 3.8) is 0 Å². The van der Waals surface area contributed by atoms with Crippen LogP contribution >= 0.6 is 0 Å². The Kier molecular flexibility index (Phi) is 38.0. The van der Waals surface area contributed by atoms with E-state index in [0.717, 1.165) is 64.6 Å². The van der Waals surface area contributed by atoms with E-state index in [1.54, 1.807) is 77.5 Å². The number of aliphatic hydroxyl groups excluding tert-OH is 6. The van der Waals surface area contributed by atoms with Crippen LogP contribution in [0.2, 0.25) is 0 Å². The van der Waals surface area contributed by atoms with E-state index < -0.39 is 174 Å². The highest BCUT2D eigenvalue weighted by atomic mass is 19.2. The molecule has 0 amide bonds. The monoisotopic (exact) mass is 1920 g/mol. The Balaban J connectivity index is 0.000000194. The number of nitrogens with one attached hydrogen (secondary N) is 1. The Bertz CT molecular complexity index is 5190. The summed E-state index contributed by atoms with van der Waals surface area (Å²) in [4.78, 5) is 119. The Labute approximate surface area is 774 Å². The molecule has 0 aliphatic carbocycles. The molecule has 0 bridgehead atoms. The molecule has 7 saturated heterocycles. The Morgan fingerprint density at radius 2 is 0.644 bits per heavy atom. The molecule has 7 aromatic rings. The van der Waals surface area contributed by atoms with Gasteiger partial charge >= 0.3 is 39.8 Å². The molecule has 0 radical (unpaired) electrons. The molecular weight excluding hydrogens is 1790 g/mol. The van der Waals surface area contributed by atoms with E-state index >= 15 is 0 Å². The summed E-state index contributed by atoms with van der Waals surface area (Å²) in [5.41, 5.74) is -8.59. The Morgan fingerprint density at radius 3 is 0.933 bits per heavy atom. The molecule has 7 fully saturated rings. The zero-order valence-corrected chi connectivity index (χ0v) is 79.1. The van der Waals surface area contributed by atoms with Crippen LogP contribution < -0.4 is 74.8 Å². The number of aromatic amines is 1. The van der Waals surface area contributed by atoms with Crippen molar-refractivity contribution in [2.75, 3.05) is 58.6 Å². The van der Waals surface area contributed by atoms with Crippen molar-refractivity contribution < 1.29 is 116 Å². The van der Waals surface area contributed by atoms with Gasteiger partial charge in [0.15, 0.2) is 60.6 Å². The lowest BCUT2D eigenvalue weighted by Crippen LogP contribution is -2.46. The Hall–Kier alpha value is -10.3. The number of ether oxygens (including phenoxy) is 12. The topological polar surface area (TPSA) is 583 Å². The fourth-order valence-electron chi connectivity index (χ4n) is 16.3. The van der Waals surface area contributed by atoms with Crippen LogP contribution in [0.3, 0.4) is 0 Å². The van der Waals surface area contributed by atoms with Crippen molar-refractivity contribution in [3.8, 4) is 29.4 Å². The van der Waals surface area contributed by atoms with Crippen LogP contribution in [0, 0.1) is 23.7 Å². The third kappa shape index (κ3) is 24.4. The van der Waals surface area contributed by atoms with Crippen LogP contribution in [-0.2, 0) is 33.2 Å². The largest absolute Gasteiger partial charge is 0.478 e. The van der Waals surface area contributed by atoms with E-state index in [9.17, 15) is 82.2 Å². The molecule has 752 valence electrons. The van der Waals surface area contributed by atoms with E-state index in [1.165, 1.54) is 62.8 Å². The first kappa shape index (κ1) is 110. The summed E-state index contributed by atoms with van der Waals surface area (Å²) >= 11 is 0. The molecule has 0 saturated carbocycles. The van der Waals surface area contributed by atoms with Crippen LogP contribution in [0.1, 0.15) is 201 Å². The standard InChI is InChI=1S/C14H21FN2O3.2C14H22N2O4.C14H20N2O3.C12H18N2O6.C10H14FN3O4.C10H13FN2O5/c1-5-10-9(3)14(4,15)12(20-10)17-8-7-11(19-6-2)16-13(17)18;2*1-5-10-9(3)14(4,18)12(20-10)16-8-7-11(19-6-2)15-13(16)17;1-5-11-9(3)10(4)13(19-11)16-8-7-12(18-6-2)15-14(16)17;1-3-19-8-4-5-14(11(17)13-8)10-12(2,18)9(16)7(6-15)20-10;1-10(11)7(16)5(4-15)18-8(10)14-3-2-6(12)13-9(14)17;1-10(11)7(16)5(4-14)18-8(10)13-3-2-6(15)12-9(13)17/h7-10,12H,5-6H2,1-4H3;2*7-10,12,18H,5-6H2,1-4H3;7-9,11,13H,4-6H2,1-3H3;4-5,7,9-10,15-16,18H,3,6H2,1-2H3;2-3,5,7-8,15-16H,4H2,1H3,(H2,12,13,17);2-3,5,7-8,14,16H,4H2,1H3,(H,12,15,17)/t3*9-,10+,12+,14?;9-,11-,13-;7-,9+,10-,12?;2*5-,7+,8-,10?/m0001111/s1. The van der Waals surface area contributed by atoms with Crippen LogP contribution in [0.5, 0.6) is 29.4 Å². The number of nitrogen functional groups attached to an aromatic ring is 1. The highest BCUT2D eigenvalue weighted by Gasteiger charge is 2.59. The van der Waals surface area contributed by atoms with Gasteiger partial charge in [0, 0.05) is 103 Å². The molecule has 14 rings (SSSR count). The van der Waals surface area contributed by atoms with Gasteiger partial charge in [-0.1, -0.05) is 62.0 Å². The van der Waals surface area contributed by atoms with Crippen LogP contribution in [-0.4, -0.2) is 261 Å². The summed E-state index contributed by atoms with van der Waals surface area (Å²) in [5, 5.41) is 87.8. The van der Waals surface area contributed by atoms with Crippen LogP contribution in [0.15, 0.2) is 136 Å². The molecule has 47 heteroatoms. The number of rotatable bonds is 24. The average molecular weight is 1920 g/mol. The number of hydrogen-bond donors (Lipinski definition) is 11. The van der Waals surface area contributed by atoms with Gasteiger partial charge in [0.25, 0.3) is 5.56 Å². The molecule has 0 aromatic carbocycles. The van der Waals surface area contributed by atoms with Crippen LogP contribution in [0.25, 0.3) is 0 Å². The number of nitrogens with zero attached hydrogens (tertiary/aromatic N) is 13. The van der Waals surface area contributed by atoms with Gasteiger partial charge in [0.05, 0.1) is 77.3 Å². The molecule has 6 unspecified atom stereocenters. The number of hydrogen-bond acceptors (Lipinski definition) is 36.